The minimum atomic E-state index is 0.357. The summed E-state index contributed by atoms with van der Waals surface area (Å²) in [6.45, 7) is 6.83. The van der Waals surface area contributed by atoms with E-state index in [0.29, 0.717) is 5.54 Å². The minimum absolute atomic E-state index is 0.357. The summed E-state index contributed by atoms with van der Waals surface area (Å²) in [6.07, 6.45) is 6.80. The van der Waals surface area contributed by atoms with Crippen LogP contribution >= 0.6 is 0 Å². The van der Waals surface area contributed by atoms with Crippen LogP contribution in [0.2, 0.25) is 0 Å². The zero-order chi connectivity index (χ0) is 10.2. The van der Waals surface area contributed by atoms with Gasteiger partial charge in [0, 0.05) is 18.1 Å². The Labute approximate surface area is 87.8 Å². The number of likely N-dealkylation sites (tertiary alicyclic amines) is 1. The van der Waals surface area contributed by atoms with E-state index in [0.717, 1.165) is 18.5 Å². The van der Waals surface area contributed by atoms with Crippen molar-refractivity contribution in [2.75, 3.05) is 13.1 Å². The Hall–Kier alpha value is -0.0800. The van der Waals surface area contributed by atoms with Crippen molar-refractivity contribution < 1.29 is 0 Å². The summed E-state index contributed by atoms with van der Waals surface area (Å²) < 4.78 is 0. The van der Waals surface area contributed by atoms with Gasteiger partial charge in [-0.05, 0) is 51.5 Å². The third-order valence-corrected chi connectivity index (χ3v) is 4.43. The molecule has 1 heterocycles. The van der Waals surface area contributed by atoms with Crippen LogP contribution in [0.25, 0.3) is 0 Å². The van der Waals surface area contributed by atoms with Gasteiger partial charge in [-0.15, -0.1) is 0 Å². The molecule has 2 nitrogen and oxygen atoms in total. The lowest BCUT2D eigenvalue weighted by atomic mass is 9.87. The van der Waals surface area contributed by atoms with Gasteiger partial charge >= 0.3 is 0 Å². The quantitative estimate of drug-likeness (QED) is 0.745. The van der Waals surface area contributed by atoms with Crippen LogP contribution in [-0.4, -0.2) is 29.6 Å². The molecular weight excluding hydrogens is 172 g/mol. The largest absolute Gasteiger partial charge is 0.329 e. The first-order valence-corrected chi connectivity index (χ1v) is 6.21. The lowest BCUT2D eigenvalue weighted by molar-refractivity contribution is 0.0621. The maximum atomic E-state index is 6.06. The fourth-order valence-corrected chi connectivity index (χ4v) is 3.37. The summed E-state index contributed by atoms with van der Waals surface area (Å²) in [4.78, 5) is 2.71. The normalized spacial score (nSPS) is 33.2. The van der Waals surface area contributed by atoms with Crippen LogP contribution in [0.4, 0.5) is 0 Å². The van der Waals surface area contributed by atoms with Gasteiger partial charge in [-0.1, -0.05) is 6.92 Å². The third-order valence-electron chi connectivity index (χ3n) is 4.43. The van der Waals surface area contributed by atoms with Crippen molar-refractivity contribution in [1.29, 1.82) is 0 Å². The summed E-state index contributed by atoms with van der Waals surface area (Å²) in [5, 5.41) is 0. The predicted molar refractivity (Wildman–Crippen MR) is 60.2 cm³/mol. The summed E-state index contributed by atoms with van der Waals surface area (Å²) in [5.41, 5.74) is 6.42. The molecule has 0 aromatic carbocycles. The Bertz CT molecular complexity index is 194. The first-order valence-electron chi connectivity index (χ1n) is 6.21. The van der Waals surface area contributed by atoms with E-state index in [2.05, 4.69) is 18.7 Å². The molecular formula is C12H24N2. The van der Waals surface area contributed by atoms with Crippen LogP contribution in [-0.2, 0) is 0 Å². The average molecular weight is 196 g/mol. The van der Waals surface area contributed by atoms with Crippen molar-refractivity contribution in [3.8, 4) is 0 Å². The molecule has 0 radical (unpaired) electrons. The van der Waals surface area contributed by atoms with Gasteiger partial charge in [0.25, 0.3) is 0 Å². The van der Waals surface area contributed by atoms with Gasteiger partial charge in [0.05, 0.1) is 0 Å². The molecule has 2 unspecified atom stereocenters. The average Bonchev–Trinajstić information content (AvgIpc) is 2.95. The lowest BCUT2D eigenvalue weighted by Crippen LogP contribution is -2.56. The SMILES string of the molecule is CCC(CN)(C1CC1)N1CCCC1C. The topological polar surface area (TPSA) is 29.3 Å². The van der Waals surface area contributed by atoms with Crippen molar-refractivity contribution in [1.82, 2.24) is 4.90 Å². The van der Waals surface area contributed by atoms with Gasteiger partial charge in [-0.2, -0.15) is 0 Å². The molecule has 82 valence electrons. The molecule has 0 aromatic heterocycles. The first kappa shape index (κ1) is 10.4. The summed E-state index contributed by atoms with van der Waals surface area (Å²) in [6, 6.07) is 0.763. The number of rotatable bonds is 4. The van der Waals surface area contributed by atoms with Crippen LogP contribution in [0.15, 0.2) is 0 Å². The Morgan fingerprint density at radius 1 is 1.36 bits per heavy atom. The van der Waals surface area contributed by atoms with Crippen LogP contribution in [0.1, 0.15) is 46.0 Å². The molecule has 1 saturated heterocycles. The fourth-order valence-electron chi connectivity index (χ4n) is 3.37. The highest BCUT2D eigenvalue weighted by Crippen LogP contribution is 2.46. The lowest BCUT2D eigenvalue weighted by Gasteiger charge is -2.44. The fraction of sp³-hybridized carbons (Fsp3) is 1.00. The highest BCUT2D eigenvalue weighted by Gasteiger charge is 2.49. The second-order valence-electron chi connectivity index (χ2n) is 5.12. The van der Waals surface area contributed by atoms with Crippen molar-refractivity contribution in [3.05, 3.63) is 0 Å². The molecule has 2 rings (SSSR count). The van der Waals surface area contributed by atoms with E-state index in [1.165, 1.54) is 38.6 Å². The van der Waals surface area contributed by atoms with Crippen LogP contribution in [0.3, 0.4) is 0 Å². The van der Waals surface area contributed by atoms with E-state index in [1.807, 2.05) is 0 Å². The van der Waals surface area contributed by atoms with Gasteiger partial charge in [0.1, 0.15) is 0 Å². The zero-order valence-electron chi connectivity index (χ0n) is 9.63. The standard InChI is InChI=1S/C12H24N2/c1-3-12(9-13,11-6-7-11)14-8-4-5-10(14)2/h10-11H,3-9,13H2,1-2H3. The molecule has 14 heavy (non-hydrogen) atoms. The minimum Gasteiger partial charge on any atom is -0.329 e. The maximum absolute atomic E-state index is 6.06. The first-order chi connectivity index (χ1) is 6.74. The van der Waals surface area contributed by atoms with Gasteiger partial charge in [-0.25, -0.2) is 0 Å². The molecule has 0 spiro atoms. The molecule has 1 aliphatic heterocycles. The molecule has 2 atom stereocenters. The van der Waals surface area contributed by atoms with Gasteiger partial charge in [0.2, 0.25) is 0 Å². The van der Waals surface area contributed by atoms with Crippen molar-refractivity contribution in [3.63, 3.8) is 0 Å². The van der Waals surface area contributed by atoms with Crippen molar-refractivity contribution in [2.24, 2.45) is 11.7 Å². The molecule has 1 saturated carbocycles. The van der Waals surface area contributed by atoms with Crippen LogP contribution < -0.4 is 5.73 Å². The van der Waals surface area contributed by atoms with Crippen molar-refractivity contribution >= 4 is 0 Å². The molecule has 1 aliphatic carbocycles. The Kier molecular flexibility index (Phi) is 2.85. The molecule has 2 fully saturated rings. The Balaban J connectivity index is 2.15. The van der Waals surface area contributed by atoms with Gasteiger partial charge in [-0.3, -0.25) is 4.90 Å². The Morgan fingerprint density at radius 2 is 2.07 bits per heavy atom. The van der Waals surface area contributed by atoms with E-state index in [-0.39, 0.29) is 0 Å². The molecule has 0 bridgehead atoms. The zero-order valence-corrected chi connectivity index (χ0v) is 9.63. The highest BCUT2D eigenvalue weighted by atomic mass is 15.3. The molecule has 2 aliphatic rings. The van der Waals surface area contributed by atoms with E-state index in [1.54, 1.807) is 0 Å². The summed E-state index contributed by atoms with van der Waals surface area (Å²) in [7, 11) is 0. The second kappa shape index (κ2) is 3.82. The second-order valence-corrected chi connectivity index (χ2v) is 5.12. The number of hydrogen-bond acceptors (Lipinski definition) is 2. The molecule has 0 aromatic rings. The smallest absolute Gasteiger partial charge is 0.0360 e. The van der Waals surface area contributed by atoms with Gasteiger partial charge < -0.3 is 5.73 Å². The Morgan fingerprint density at radius 3 is 2.43 bits per heavy atom. The van der Waals surface area contributed by atoms with E-state index < -0.39 is 0 Å². The van der Waals surface area contributed by atoms with E-state index >= 15 is 0 Å². The number of nitrogens with two attached hydrogens (primary N) is 1. The third kappa shape index (κ3) is 1.49. The van der Waals surface area contributed by atoms with Crippen molar-refractivity contribution in [2.45, 2.75) is 57.5 Å². The van der Waals surface area contributed by atoms with E-state index in [4.69, 9.17) is 5.73 Å². The highest BCUT2D eigenvalue weighted by molar-refractivity contribution is 5.05. The summed E-state index contributed by atoms with van der Waals surface area (Å²) >= 11 is 0. The van der Waals surface area contributed by atoms with Crippen LogP contribution in [0, 0.1) is 5.92 Å². The maximum Gasteiger partial charge on any atom is 0.0360 e. The molecule has 2 N–H and O–H groups in total. The number of nitrogens with zero attached hydrogens (tertiary/aromatic N) is 1. The monoisotopic (exact) mass is 196 g/mol. The molecule has 0 amide bonds. The van der Waals surface area contributed by atoms with E-state index in [9.17, 15) is 0 Å². The van der Waals surface area contributed by atoms with Crippen LogP contribution in [0.5, 0.6) is 0 Å². The summed E-state index contributed by atoms with van der Waals surface area (Å²) in [5.74, 6) is 0.901. The number of hydrogen-bond donors (Lipinski definition) is 1. The predicted octanol–water partition coefficient (Wildman–Crippen LogP) is 1.99. The molecule has 2 heteroatoms. The van der Waals surface area contributed by atoms with Gasteiger partial charge in [0.15, 0.2) is 0 Å².